The molecule has 0 aromatic carbocycles. The van der Waals surface area contributed by atoms with Crippen LogP contribution in [0.1, 0.15) is 27.7 Å². The van der Waals surface area contributed by atoms with Crippen molar-refractivity contribution < 1.29 is 14.0 Å². The molecular weight excluding hydrogens is 220 g/mol. The third-order valence-corrected chi connectivity index (χ3v) is 7.90. The molecule has 0 saturated heterocycles. The van der Waals surface area contributed by atoms with Gasteiger partial charge in [-0.15, -0.1) is 0 Å². The van der Waals surface area contributed by atoms with E-state index in [4.69, 9.17) is 9.16 Å². The van der Waals surface area contributed by atoms with Crippen LogP contribution in [0.15, 0.2) is 12.2 Å². The van der Waals surface area contributed by atoms with Gasteiger partial charge in [-0.1, -0.05) is 20.8 Å². The molecule has 0 N–H and O–H groups in total. The summed E-state index contributed by atoms with van der Waals surface area (Å²) in [6, 6.07) is 0. The van der Waals surface area contributed by atoms with Crippen molar-refractivity contribution in [2.45, 2.75) is 58.0 Å². The number of rotatable bonds is 2. The highest BCUT2D eigenvalue weighted by Gasteiger charge is 2.40. The van der Waals surface area contributed by atoms with Gasteiger partial charge in [-0.05, 0) is 31.1 Å². The van der Waals surface area contributed by atoms with Crippen molar-refractivity contribution in [3.8, 4) is 0 Å². The Hall–Kier alpha value is -0.613. The first-order valence-electron chi connectivity index (χ1n) is 5.70. The van der Waals surface area contributed by atoms with Gasteiger partial charge in [0, 0.05) is 6.08 Å². The summed E-state index contributed by atoms with van der Waals surface area (Å²) in [5, 5.41) is 0.169. The van der Waals surface area contributed by atoms with Gasteiger partial charge in [0.25, 0.3) is 0 Å². The Morgan fingerprint density at radius 1 is 1.38 bits per heavy atom. The summed E-state index contributed by atoms with van der Waals surface area (Å²) in [5.74, 6) is -0.275. The predicted octanol–water partition coefficient (Wildman–Crippen LogP) is 2.88. The molecule has 0 bridgehead atoms. The summed E-state index contributed by atoms with van der Waals surface area (Å²) < 4.78 is 11.3. The van der Waals surface area contributed by atoms with Crippen LogP contribution in [0.3, 0.4) is 0 Å². The fourth-order valence-electron chi connectivity index (χ4n) is 1.27. The van der Waals surface area contributed by atoms with E-state index in [1.54, 1.807) is 0 Å². The molecule has 0 saturated carbocycles. The van der Waals surface area contributed by atoms with Crippen LogP contribution in [0.25, 0.3) is 0 Å². The minimum atomic E-state index is -1.80. The Labute approximate surface area is 99.0 Å². The largest absolute Gasteiger partial charge is 0.456 e. The number of cyclic esters (lactones) is 1. The molecule has 0 spiro atoms. The molecular formula is C12H22O3Si. The number of carbonyl (C=O) groups is 1. The van der Waals surface area contributed by atoms with Gasteiger partial charge < -0.3 is 9.16 Å². The van der Waals surface area contributed by atoms with E-state index in [1.807, 2.05) is 13.0 Å². The molecule has 0 amide bonds. The van der Waals surface area contributed by atoms with Crippen LogP contribution >= 0.6 is 0 Å². The number of esters is 1. The molecule has 1 aliphatic heterocycles. The maximum absolute atomic E-state index is 11.0. The topological polar surface area (TPSA) is 35.5 Å². The molecule has 0 aromatic heterocycles. The fraction of sp³-hybridized carbons (Fsp3) is 0.750. The van der Waals surface area contributed by atoms with Gasteiger partial charge in [-0.2, -0.15) is 0 Å². The average molecular weight is 242 g/mol. The molecule has 1 rings (SSSR count). The second-order valence-corrected chi connectivity index (χ2v) is 10.6. The summed E-state index contributed by atoms with van der Waals surface area (Å²) in [7, 11) is -1.80. The number of hydrogen-bond donors (Lipinski definition) is 0. The van der Waals surface area contributed by atoms with Crippen molar-refractivity contribution in [3.05, 3.63) is 12.2 Å². The second-order valence-electron chi connectivity index (χ2n) is 5.84. The van der Waals surface area contributed by atoms with Crippen LogP contribution in [-0.2, 0) is 14.0 Å². The van der Waals surface area contributed by atoms with Gasteiger partial charge >= 0.3 is 5.97 Å². The van der Waals surface area contributed by atoms with Gasteiger partial charge in [-0.3, -0.25) is 0 Å². The zero-order valence-electron chi connectivity index (χ0n) is 11.0. The molecule has 1 aliphatic rings. The first-order valence-corrected chi connectivity index (χ1v) is 8.61. The maximum atomic E-state index is 11.0. The standard InChI is InChI=1S/C12H22O3Si/c1-9-10(7-8-11(13)14-9)15-16(5,6)12(2,3)4/h7-10H,1-6H3/t9-,10+/m0/s1. The lowest BCUT2D eigenvalue weighted by molar-refractivity contribution is -0.147. The quantitative estimate of drug-likeness (QED) is 0.552. The monoisotopic (exact) mass is 242 g/mol. The van der Waals surface area contributed by atoms with Crippen LogP contribution in [0, 0.1) is 0 Å². The van der Waals surface area contributed by atoms with Crippen LogP contribution in [-0.4, -0.2) is 26.5 Å². The molecule has 0 aliphatic carbocycles. The molecule has 16 heavy (non-hydrogen) atoms. The first kappa shape index (κ1) is 13.5. The van der Waals surface area contributed by atoms with Gasteiger partial charge in [-0.25, -0.2) is 4.79 Å². The van der Waals surface area contributed by atoms with Crippen molar-refractivity contribution in [1.82, 2.24) is 0 Å². The smallest absolute Gasteiger partial charge is 0.330 e. The van der Waals surface area contributed by atoms with Crippen LogP contribution in [0.4, 0.5) is 0 Å². The van der Waals surface area contributed by atoms with Crippen molar-refractivity contribution >= 4 is 14.3 Å². The molecule has 3 nitrogen and oxygen atoms in total. The Balaban J connectivity index is 2.75. The molecule has 0 unspecified atom stereocenters. The van der Waals surface area contributed by atoms with E-state index in [0.29, 0.717) is 0 Å². The zero-order valence-corrected chi connectivity index (χ0v) is 12.0. The van der Waals surface area contributed by atoms with E-state index < -0.39 is 8.32 Å². The highest BCUT2D eigenvalue weighted by molar-refractivity contribution is 6.74. The minimum absolute atomic E-state index is 0.0985. The average Bonchev–Trinajstić information content (AvgIpc) is 2.08. The normalized spacial score (nSPS) is 26.8. The fourth-order valence-corrected chi connectivity index (χ4v) is 2.58. The predicted molar refractivity (Wildman–Crippen MR) is 66.8 cm³/mol. The van der Waals surface area contributed by atoms with Gasteiger partial charge in [0.15, 0.2) is 8.32 Å². The first-order chi connectivity index (χ1) is 7.13. The second kappa shape index (κ2) is 4.34. The van der Waals surface area contributed by atoms with E-state index >= 15 is 0 Å². The van der Waals surface area contributed by atoms with Gasteiger partial charge in [0.05, 0.1) is 0 Å². The Morgan fingerprint density at radius 2 is 1.94 bits per heavy atom. The lowest BCUT2D eigenvalue weighted by Gasteiger charge is -2.40. The van der Waals surface area contributed by atoms with E-state index in [9.17, 15) is 4.79 Å². The Bertz CT molecular complexity index is 302. The van der Waals surface area contributed by atoms with Gasteiger partial charge in [0.2, 0.25) is 0 Å². The maximum Gasteiger partial charge on any atom is 0.330 e. The van der Waals surface area contributed by atoms with Crippen molar-refractivity contribution in [2.24, 2.45) is 0 Å². The molecule has 4 heteroatoms. The van der Waals surface area contributed by atoms with Crippen LogP contribution in [0.5, 0.6) is 0 Å². The minimum Gasteiger partial charge on any atom is -0.456 e. The highest BCUT2D eigenvalue weighted by Crippen LogP contribution is 2.38. The highest BCUT2D eigenvalue weighted by atomic mass is 28.4. The molecule has 2 atom stereocenters. The lowest BCUT2D eigenvalue weighted by atomic mass is 10.2. The van der Waals surface area contributed by atoms with Crippen molar-refractivity contribution in [3.63, 3.8) is 0 Å². The van der Waals surface area contributed by atoms with Gasteiger partial charge in [0.1, 0.15) is 12.2 Å². The molecule has 0 aromatic rings. The Kier molecular flexibility index (Phi) is 3.64. The van der Waals surface area contributed by atoms with E-state index in [1.165, 1.54) is 6.08 Å². The zero-order chi connectivity index (χ0) is 12.6. The molecule has 92 valence electrons. The van der Waals surface area contributed by atoms with Crippen LogP contribution in [0.2, 0.25) is 18.1 Å². The van der Waals surface area contributed by atoms with Crippen molar-refractivity contribution in [1.29, 1.82) is 0 Å². The third-order valence-electron chi connectivity index (χ3n) is 3.42. The molecule has 0 fully saturated rings. The number of hydrogen-bond acceptors (Lipinski definition) is 3. The van der Waals surface area contributed by atoms with E-state index in [0.717, 1.165) is 0 Å². The SMILES string of the molecule is C[C@@H]1OC(=O)C=C[C@H]1O[Si](C)(C)C(C)(C)C. The number of ether oxygens (including phenoxy) is 1. The van der Waals surface area contributed by atoms with Crippen molar-refractivity contribution in [2.75, 3.05) is 0 Å². The summed E-state index contributed by atoms with van der Waals surface area (Å²) in [6.07, 6.45) is 2.99. The molecule has 1 heterocycles. The lowest BCUT2D eigenvalue weighted by Crippen LogP contribution is -2.47. The summed E-state index contributed by atoms with van der Waals surface area (Å²) in [4.78, 5) is 11.0. The van der Waals surface area contributed by atoms with E-state index in [-0.39, 0.29) is 23.2 Å². The third kappa shape index (κ3) is 2.95. The molecule has 0 radical (unpaired) electrons. The van der Waals surface area contributed by atoms with E-state index in [2.05, 4.69) is 33.9 Å². The number of carbonyl (C=O) groups excluding carboxylic acids is 1. The summed E-state index contributed by atoms with van der Waals surface area (Å²) >= 11 is 0. The summed E-state index contributed by atoms with van der Waals surface area (Å²) in [6.45, 7) is 12.9. The summed E-state index contributed by atoms with van der Waals surface area (Å²) in [5.41, 5.74) is 0. The van der Waals surface area contributed by atoms with Crippen LogP contribution < -0.4 is 0 Å². The Morgan fingerprint density at radius 3 is 2.38 bits per heavy atom.